The molecule has 0 aromatic heterocycles. The first-order valence-corrected chi connectivity index (χ1v) is 11.2. The normalized spacial score (nSPS) is 42.5. The molecule has 166 valence electrons. The molecule has 4 rings (SSSR count). The average Bonchev–Trinajstić information content (AvgIpc) is 3.07. The minimum atomic E-state index is -0.607. The highest BCUT2D eigenvalue weighted by molar-refractivity contribution is 5.92. The minimum absolute atomic E-state index is 0.00699. The maximum Gasteiger partial charge on any atom is 0.345 e. The zero-order valence-electron chi connectivity index (χ0n) is 17.8. The molecule has 30 heavy (non-hydrogen) atoms. The molecule has 0 amide bonds. The summed E-state index contributed by atoms with van der Waals surface area (Å²) in [5.41, 5.74) is 0.942. The van der Waals surface area contributed by atoms with E-state index in [2.05, 4.69) is 23.6 Å². The largest absolute Gasteiger partial charge is 0.345 e. The van der Waals surface area contributed by atoms with E-state index >= 15 is 0 Å². The van der Waals surface area contributed by atoms with Crippen LogP contribution in [0.1, 0.15) is 71.6 Å². The van der Waals surface area contributed by atoms with Gasteiger partial charge in [0, 0.05) is 12.8 Å². The minimum Gasteiger partial charge on any atom is -0.301 e. The highest BCUT2D eigenvalue weighted by atomic mass is 17.1. The van der Waals surface area contributed by atoms with Gasteiger partial charge in [-0.25, -0.2) is 9.59 Å². The third-order valence-electron chi connectivity index (χ3n) is 9.40. The summed E-state index contributed by atoms with van der Waals surface area (Å²) in [5, 5.41) is 17.8. The van der Waals surface area contributed by atoms with Crippen LogP contribution in [0.2, 0.25) is 0 Å². The van der Waals surface area contributed by atoms with Gasteiger partial charge in [0.1, 0.15) is 0 Å². The van der Waals surface area contributed by atoms with E-state index in [1.165, 1.54) is 0 Å². The quantitative estimate of drug-likeness (QED) is 0.519. The van der Waals surface area contributed by atoms with Gasteiger partial charge in [0.25, 0.3) is 0 Å². The second kappa shape index (κ2) is 7.75. The fourth-order valence-electron chi connectivity index (χ4n) is 7.79. The van der Waals surface area contributed by atoms with Crippen LogP contribution in [0.15, 0.2) is 11.6 Å². The monoisotopic (exact) mass is 420 g/mol. The summed E-state index contributed by atoms with van der Waals surface area (Å²) in [6, 6.07) is 0. The zero-order chi connectivity index (χ0) is 21.7. The Labute approximate surface area is 176 Å². The van der Waals surface area contributed by atoms with E-state index in [9.17, 15) is 19.6 Å². The van der Waals surface area contributed by atoms with Gasteiger partial charge in [-0.2, -0.15) is 10.5 Å². The predicted octanol–water partition coefficient (Wildman–Crippen LogP) is 4.17. The van der Waals surface area contributed by atoms with Crippen LogP contribution in [-0.4, -0.2) is 28.2 Å². The smallest absolute Gasteiger partial charge is 0.301 e. The van der Waals surface area contributed by atoms with Gasteiger partial charge in [-0.15, -0.1) is 0 Å². The lowest BCUT2D eigenvalue weighted by atomic mass is 9.44. The van der Waals surface area contributed by atoms with Crippen LogP contribution in [-0.2, 0) is 24.2 Å². The molecule has 0 aliphatic heterocycles. The molecule has 3 fully saturated rings. The van der Waals surface area contributed by atoms with Crippen LogP contribution >= 0.6 is 0 Å². The lowest BCUT2D eigenvalue weighted by molar-refractivity contribution is -0.245. The van der Waals surface area contributed by atoms with Gasteiger partial charge in [-0.3, -0.25) is 4.79 Å². The molecule has 0 bridgehead atoms. The topological polar surface area (TPSA) is 110 Å². The van der Waals surface area contributed by atoms with Gasteiger partial charge < -0.3 is 9.78 Å². The van der Waals surface area contributed by atoms with Gasteiger partial charge in [-0.05, 0) is 85.5 Å². The van der Waals surface area contributed by atoms with Gasteiger partial charge in [0.15, 0.2) is 5.78 Å². The number of rotatable bonds is 4. The molecule has 2 N–H and O–H groups in total. The fourth-order valence-corrected chi connectivity index (χ4v) is 7.79. The predicted molar refractivity (Wildman–Crippen MR) is 106 cm³/mol. The summed E-state index contributed by atoms with van der Waals surface area (Å²) in [4.78, 5) is 44.3. The summed E-state index contributed by atoms with van der Waals surface area (Å²) >= 11 is 0. The van der Waals surface area contributed by atoms with Crippen molar-refractivity contribution in [1.82, 2.24) is 0 Å². The SMILES string of the molecule is C[C@]12CC[C@H]3[C@@H]([C@H](C(=O)OO)CC4=CC(=O)CC[C@@]43C)[C@@H]1CC[C@@H]2CCC(=O)OO. The molecular formula is C23H32O7. The number of hydrogen-bond donors (Lipinski definition) is 2. The average molecular weight is 421 g/mol. The molecule has 0 aromatic carbocycles. The lowest BCUT2D eigenvalue weighted by Gasteiger charge is -2.59. The number of carbonyl (C=O) groups is 3. The molecule has 0 spiro atoms. The Morgan fingerprint density at radius 1 is 1.10 bits per heavy atom. The third-order valence-corrected chi connectivity index (χ3v) is 9.40. The lowest BCUT2D eigenvalue weighted by Crippen LogP contribution is -2.55. The van der Waals surface area contributed by atoms with E-state index in [4.69, 9.17) is 5.26 Å². The molecule has 4 aliphatic rings. The van der Waals surface area contributed by atoms with E-state index in [1.807, 2.05) is 0 Å². The van der Waals surface area contributed by atoms with Crippen molar-refractivity contribution in [1.29, 1.82) is 0 Å². The van der Waals surface area contributed by atoms with Crippen LogP contribution in [0.5, 0.6) is 0 Å². The molecule has 0 unspecified atom stereocenters. The molecule has 0 heterocycles. The second-order valence-electron chi connectivity index (χ2n) is 10.4. The fraction of sp³-hybridized carbons (Fsp3) is 0.783. The van der Waals surface area contributed by atoms with Crippen molar-refractivity contribution < 1.29 is 34.7 Å². The second-order valence-corrected chi connectivity index (χ2v) is 10.4. The van der Waals surface area contributed by atoms with Crippen molar-refractivity contribution in [2.24, 2.45) is 40.4 Å². The zero-order valence-corrected chi connectivity index (χ0v) is 17.8. The van der Waals surface area contributed by atoms with E-state index in [-0.39, 0.29) is 34.9 Å². The summed E-state index contributed by atoms with van der Waals surface area (Å²) < 4.78 is 0. The van der Waals surface area contributed by atoms with E-state index < -0.39 is 17.9 Å². The molecule has 4 aliphatic carbocycles. The third kappa shape index (κ3) is 3.21. The van der Waals surface area contributed by atoms with Crippen LogP contribution in [0.25, 0.3) is 0 Å². The molecule has 7 atom stereocenters. The molecule has 0 radical (unpaired) electrons. The van der Waals surface area contributed by atoms with Crippen LogP contribution in [0.3, 0.4) is 0 Å². The van der Waals surface area contributed by atoms with Gasteiger partial charge in [0.2, 0.25) is 0 Å². The number of carbonyl (C=O) groups excluding carboxylic acids is 3. The van der Waals surface area contributed by atoms with E-state index in [1.54, 1.807) is 6.08 Å². The van der Waals surface area contributed by atoms with Crippen LogP contribution < -0.4 is 0 Å². The number of fused-ring (bicyclic) bond motifs is 5. The number of allylic oxidation sites excluding steroid dienone is 1. The highest BCUT2D eigenvalue weighted by Gasteiger charge is 2.62. The van der Waals surface area contributed by atoms with Crippen molar-refractivity contribution in [2.45, 2.75) is 71.6 Å². The molecule has 7 nitrogen and oxygen atoms in total. The molecule has 7 heteroatoms. The van der Waals surface area contributed by atoms with Gasteiger partial charge in [0.05, 0.1) is 5.92 Å². The molecular weight excluding hydrogens is 388 g/mol. The summed E-state index contributed by atoms with van der Waals surface area (Å²) in [6.45, 7) is 4.52. The van der Waals surface area contributed by atoms with Crippen molar-refractivity contribution in [2.75, 3.05) is 0 Å². The maximum atomic E-state index is 12.6. The van der Waals surface area contributed by atoms with E-state index in [0.717, 1.165) is 37.7 Å². The van der Waals surface area contributed by atoms with Crippen LogP contribution in [0, 0.1) is 40.4 Å². The molecule has 0 saturated heterocycles. The Morgan fingerprint density at radius 3 is 2.57 bits per heavy atom. The first-order valence-electron chi connectivity index (χ1n) is 11.2. The number of ketones is 1. The summed E-state index contributed by atoms with van der Waals surface area (Å²) in [6.07, 6.45) is 8.33. The van der Waals surface area contributed by atoms with Crippen molar-refractivity contribution in [3.8, 4) is 0 Å². The Morgan fingerprint density at radius 2 is 1.87 bits per heavy atom. The first kappa shape index (κ1) is 21.5. The van der Waals surface area contributed by atoms with Crippen molar-refractivity contribution >= 4 is 17.7 Å². The Bertz CT molecular complexity index is 774. The maximum absolute atomic E-state index is 12.6. The Kier molecular flexibility index (Phi) is 5.56. The van der Waals surface area contributed by atoms with Gasteiger partial charge >= 0.3 is 11.9 Å². The summed E-state index contributed by atoms with van der Waals surface area (Å²) in [5.74, 6) is -0.544. The standard InChI is InChI=1S/C23H32O7/c1-22-10-8-18-20(17(22)5-3-13(22)4-6-19(25)29-27)16(21(26)30-28)12-14-11-15(24)7-9-23(14,18)2/h11,13,16-18,20,27-28H,3-10,12H2,1-2H3/t13-,16-,17+,18+,20+,22-,23+/m1/s1. The Balaban J connectivity index is 1.66. The Hall–Kier alpha value is -1.73. The number of hydrogen-bond acceptors (Lipinski definition) is 7. The highest BCUT2D eigenvalue weighted by Crippen LogP contribution is 2.68. The van der Waals surface area contributed by atoms with Crippen molar-refractivity contribution in [3.05, 3.63) is 11.6 Å². The summed E-state index contributed by atoms with van der Waals surface area (Å²) in [7, 11) is 0. The van der Waals surface area contributed by atoms with Crippen molar-refractivity contribution in [3.63, 3.8) is 0 Å². The molecule has 0 aromatic rings. The first-order chi connectivity index (χ1) is 14.2. The van der Waals surface area contributed by atoms with Crippen LogP contribution in [0.4, 0.5) is 0 Å². The van der Waals surface area contributed by atoms with E-state index in [0.29, 0.717) is 31.1 Å². The molecule has 3 saturated carbocycles. The van der Waals surface area contributed by atoms with Gasteiger partial charge in [-0.1, -0.05) is 19.4 Å².